The lowest BCUT2D eigenvalue weighted by Gasteiger charge is -2.14. The van der Waals surface area contributed by atoms with Gasteiger partial charge >= 0.3 is 5.97 Å². The Bertz CT molecular complexity index is 1220. The van der Waals surface area contributed by atoms with E-state index in [2.05, 4.69) is 30.3 Å². The molecule has 32 heavy (non-hydrogen) atoms. The van der Waals surface area contributed by atoms with Crippen LogP contribution in [0, 0.1) is 6.92 Å². The number of methoxy groups -OCH3 is 2. The summed E-state index contributed by atoms with van der Waals surface area (Å²) < 4.78 is 14.0. The predicted molar refractivity (Wildman–Crippen MR) is 124 cm³/mol. The van der Waals surface area contributed by atoms with E-state index in [-0.39, 0.29) is 18.6 Å². The molecule has 7 nitrogen and oxygen atoms in total. The summed E-state index contributed by atoms with van der Waals surface area (Å²) in [6, 6.07) is 16.1. The van der Waals surface area contributed by atoms with Crippen molar-refractivity contribution in [1.29, 1.82) is 0 Å². The molecule has 2 aromatic heterocycles. The highest BCUT2D eigenvalue weighted by atomic mass is 16.5. The van der Waals surface area contributed by atoms with Crippen LogP contribution in [0.3, 0.4) is 0 Å². The first kappa shape index (κ1) is 21.6. The number of nitrogens with zero attached hydrogens (tertiary/aromatic N) is 3. The molecule has 0 saturated heterocycles. The van der Waals surface area contributed by atoms with Gasteiger partial charge in [0, 0.05) is 40.9 Å². The molecule has 0 amide bonds. The summed E-state index contributed by atoms with van der Waals surface area (Å²) in [5.74, 6) is 0.556. The van der Waals surface area contributed by atoms with Gasteiger partial charge < -0.3 is 19.4 Å². The normalized spacial score (nSPS) is 12.1. The fraction of sp³-hybridized carbons (Fsp3) is 0.280. The van der Waals surface area contributed by atoms with Gasteiger partial charge in [0.05, 0.1) is 26.1 Å². The van der Waals surface area contributed by atoms with Gasteiger partial charge in [-0.2, -0.15) is 5.10 Å². The lowest BCUT2D eigenvalue weighted by Crippen LogP contribution is -2.18. The highest BCUT2D eigenvalue weighted by Gasteiger charge is 2.16. The van der Waals surface area contributed by atoms with Gasteiger partial charge in [-0.05, 0) is 49.7 Å². The zero-order valence-electron chi connectivity index (χ0n) is 18.8. The van der Waals surface area contributed by atoms with Crippen LogP contribution in [0.1, 0.15) is 29.8 Å². The van der Waals surface area contributed by atoms with E-state index in [1.165, 1.54) is 7.11 Å². The summed E-state index contributed by atoms with van der Waals surface area (Å²) in [7, 11) is 3.07. The quantitative estimate of drug-likeness (QED) is 0.423. The Morgan fingerprint density at radius 1 is 1.12 bits per heavy atom. The lowest BCUT2D eigenvalue weighted by molar-refractivity contribution is -0.141. The molecule has 1 atom stereocenters. The van der Waals surface area contributed by atoms with Crippen molar-refractivity contribution in [3.63, 3.8) is 0 Å². The Balaban J connectivity index is 1.52. The van der Waals surface area contributed by atoms with Crippen molar-refractivity contribution in [1.82, 2.24) is 19.7 Å². The van der Waals surface area contributed by atoms with Gasteiger partial charge in [0.25, 0.3) is 0 Å². The molecule has 7 heteroatoms. The average molecular weight is 433 g/mol. The molecular formula is C25H28N4O3. The van der Waals surface area contributed by atoms with E-state index in [1.54, 1.807) is 7.11 Å². The smallest absolute Gasteiger partial charge is 0.325 e. The zero-order chi connectivity index (χ0) is 22.7. The molecule has 166 valence electrons. The minimum Gasteiger partial charge on any atom is -0.497 e. The molecule has 0 fully saturated rings. The van der Waals surface area contributed by atoms with Crippen LogP contribution in [0.15, 0.2) is 60.9 Å². The zero-order valence-corrected chi connectivity index (χ0v) is 18.8. The lowest BCUT2D eigenvalue weighted by atomic mass is 10.1. The first-order valence-electron chi connectivity index (χ1n) is 10.6. The number of benzene rings is 2. The molecule has 0 aliphatic carbocycles. The van der Waals surface area contributed by atoms with Crippen molar-refractivity contribution in [3.05, 3.63) is 77.7 Å². The molecule has 0 radical (unpaired) electrons. The fourth-order valence-corrected chi connectivity index (χ4v) is 4.00. The molecule has 1 N–H and O–H groups in total. The van der Waals surface area contributed by atoms with Gasteiger partial charge in [0.15, 0.2) is 0 Å². The summed E-state index contributed by atoms with van der Waals surface area (Å²) >= 11 is 0. The minimum absolute atomic E-state index is 0.102. The summed E-state index contributed by atoms with van der Waals surface area (Å²) in [5.41, 5.74) is 5.37. The van der Waals surface area contributed by atoms with E-state index in [4.69, 9.17) is 9.47 Å². The second kappa shape index (κ2) is 9.28. The van der Waals surface area contributed by atoms with E-state index < -0.39 is 0 Å². The van der Waals surface area contributed by atoms with Crippen LogP contribution in [0.25, 0.3) is 16.6 Å². The van der Waals surface area contributed by atoms with E-state index >= 15 is 0 Å². The van der Waals surface area contributed by atoms with Crippen molar-refractivity contribution in [2.45, 2.75) is 33.0 Å². The molecule has 4 aromatic rings. The summed E-state index contributed by atoms with van der Waals surface area (Å²) in [5, 5.41) is 9.33. The summed E-state index contributed by atoms with van der Waals surface area (Å²) in [6.07, 6.45) is 3.94. The Kier molecular flexibility index (Phi) is 6.28. The number of esters is 1. The number of fused-ring (bicyclic) bond motifs is 1. The Labute approximate surface area is 187 Å². The van der Waals surface area contributed by atoms with Gasteiger partial charge in [-0.3, -0.25) is 4.79 Å². The van der Waals surface area contributed by atoms with Gasteiger partial charge in [-0.25, -0.2) is 4.68 Å². The maximum Gasteiger partial charge on any atom is 0.325 e. The number of rotatable bonds is 8. The second-order valence-corrected chi connectivity index (χ2v) is 7.77. The van der Waals surface area contributed by atoms with Gasteiger partial charge in [-0.1, -0.05) is 18.2 Å². The Morgan fingerprint density at radius 3 is 2.59 bits per heavy atom. The molecule has 0 aliphatic heterocycles. The van der Waals surface area contributed by atoms with Gasteiger partial charge in [0.2, 0.25) is 0 Å². The highest BCUT2D eigenvalue weighted by molar-refractivity contribution is 5.85. The van der Waals surface area contributed by atoms with Crippen LogP contribution in [-0.2, 0) is 22.6 Å². The topological polar surface area (TPSA) is 70.3 Å². The van der Waals surface area contributed by atoms with Crippen LogP contribution in [0.5, 0.6) is 5.75 Å². The average Bonchev–Trinajstić information content (AvgIpc) is 3.38. The van der Waals surface area contributed by atoms with E-state index in [0.29, 0.717) is 6.54 Å². The van der Waals surface area contributed by atoms with Gasteiger partial charge in [-0.15, -0.1) is 0 Å². The molecule has 2 aromatic carbocycles. The second-order valence-electron chi connectivity index (χ2n) is 7.77. The van der Waals surface area contributed by atoms with Crippen molar-refractivity contribution in [3.8, 4) is 11.4 Å². The molecule has 2 heterocycles. The van der Waals surface area contributed by atoms with Crippen molar-refractivity contribution in [2.75, 3.05) is 14.2 Å². The van der Waals surface area contributed by atoms with Crippen LogP contribution in [0.4, 0.5) is 0 Å². The van der Waals surface area contributed by atoms with Crippen molar-refractivity contribution < 1.29 is 14.3 Å². The van der Waals surface area contributed by atoms with Crippen LogP contribution in [-0.4, -0.2) is 34.5 Å². The van der Waals surface area contributed by atoms with Crippen LogP contribution in [0.2, 0.25) is 0 Å². The standard InChI is InChI=1S/C25H28N4O3/c1-17(23-14-27-29(18(23)2)20-9-11-21(31-3)12-10-20)26-13-19-15-28(16-25(30)32-4)24-8-6-5-7-22(19)24/h5-12,14-15,17,26H,13,16H2,1-4H3/t17-/m0/s1. The fourth-order valence-electron chi connectivity index (χ4n) is 4.00. The molecule has 0 bridgehead atoms. The monoisotopic (exact) mass is 432 g/mol. The molecule has 0 unspecified atom stereocenters. The largest absolute Gasteiger partial charge is 0.497 e. The molecule has 0 spiro atoms. The van der Waals surface area contributed by atoms with Crippen LogP contribution < -0.4 is 10.1 Å². The highest BCUT2D eigenvalue weighted by Crippen LogP contribution is 2.25. The number of hydrogen-bond donors (Lipinski definition) is 1. The predicted octanol–water partition coefficient (Wildman–Crippen LogP) is 4.17. The van der Waals surface area contributed by atoms with Crippen molar-refractivity contribution >= 4 is 16.9 Å². The van der Waals surface area contributed by atoms with Gasteiger partial charge in [0.1, 0.15) is 12.3 Å². The maximum absolute atomic E-state index is 11.8. The first-order chi connectivity index (χ1) is 15.5. The number of para-hydroxylation sites is 1. The Hall–Kier alpha value is -3.58. The van der Waals surface area contributed by atoms with E-state index in [9.17, 15) is 4.79 Å². The third-order valence-corrected chi connectivity index (χ3v) is 5.83. The molecule has 4 rings (SSSR count). The maximum atomic E-state index is 11.8. The SMILES string of the molecule is COC(=O)Cn1cc(CN[C@@H](C)c2cnn(-c3ccc(OC)cc3)c2C)c2ccccc21. The van der Waals surface area contributed by atoms with Crippen LogP contribution >= 0.6 is 0 Å². The van der Waals surface area contributed by atoms with E-state index in [0.717, 1.165) is 39.2 Å². The number of hydrogen-bond acceptors (Lipinski definition) is 5. The number of carbonyl (C=O) groups is 1. The third kappa shape index (κ3) is 4.24. The van der Waals surface area contributed by atoms with E-state index in [1.807, 2.05) is 64.1 Å². The number of nitrogens with one attached hydrogen (secondary N) is 1. The molecule has 0 aliphatic rings. The van der Waals surface area contributed by atoms with Crippen molar-refractivity contribution in [2.24, 2.45) is 0 Å². The number of aromatic nitrogens is 3. The number of carbonyl (C=O) groups excluding carboxylic acids is 1. The Morgan fingerprint density at radius 2 is 1.88 bits per heavy atom. The first-order valence-corrected chi connectivity index (χ1v) is 10.6. The summed E-state index contributed by atoms with van der Waals surface area (Å²) in [6.45, 7) is 5.08. The number of ether oxygens (including phenoxy) is 2. The third-order valence-electron chi connectivity index (χ3n) is 5.83. The summed E-state index contributed by atoms with van der Waals surface area (Å²) in [4.78, 5) is 11.8. The molecular weight excluding hydrogens is 404 g/mol. The molecule has 0 saturated carbocycles. The minimum atomic E-state index is -0.264.